The molecule has 0 aliphatic heterocycles. The molecule has 0 saturated carbocycles. The molecule has 0 atom stereocenters. The lowest BCUT2D eigenvalue weighted by atomic mass is 10.2. The topological polar surface area (TPSA) is 3.24 Å². The summed E-state index contributed by atoms with van der Waals surface area (Å²) in [4.78, 5) is 2.37. The predicted molar refractivity (Wildman–Crippen MR) is 70.7 cm³/mol. The lowest BCUT2D eigenvalue weighted by Gasteiger charge is -2.22. The average molecular weight is 207 g/mol. The molecule has 1 rings (SSSR count). The van der Waals surface area contributed by atoms with E-state index < -0.39 is 0 Å². The number of hydrogen-bond acceptors (Lipinski definition) is 1. The van der Waals surface area contributed by atoms with Gasteiger partial charge in [0, 0.05) is 18.8 Å². The molecule has 1 aromatic carbocycles. The molecule has 1 heteroatoms. The number of anilines is 1. The van der Waals surface area contributed by atoms with Crippen LogP contribution in [0.4, 0.5) is 5.69 Å². The second-order valence-electron chi connectivity index (χ2n) is 3.67. The van der Waals surface area contributed by atoms with E-state index in [1.807, 2.05) is 0 Å². The van der Waals surface area contributed by atoms with Crippen LogP contribution in [0.3, 0.4) is 0 Å². The molecule has 0 heterocycles. The fourth-order valence-corrected chi connectivity index (χ4v) is 1.48. The van der Waals surface area contributed by atoms with Gasteiger partial charge >= 0.3 is 0 Å². The molecule has 86 valence electrons. The van der Waals surface area contributed by atoms with E-state index in [-0.39, 0.29) is 0 Å². The molecular weight excluding hydrogens is 182 g/mol. The summed E-state index contributed by atoms with van der Waals surface area (Å²) in [5, 5.41) is 0. The molecule has 0 amide bonds. The van der Waals surface area contributed by atoms with Crippen molar-refractivity contribution in [1.29, 1.82) is 0 Å². The van der Waals surface area contributed by atoms with Crippen molar-refractivity contribution in [1.82, 2.24) is 0 Å². The van der Waals surface area contributed by atoms with Crippen molar-refractivity contribution in [3.63, 3.8) is 0 Å². The predicted octanol–water partition coefficient (Wildman–Crippen LogP) is 4.26. The maximum atomic E-state index is 2.37. The van der Waals surface area contributed by atoms with Crippen molar-refractivity contribution >= 4 is 5.69 Å². The van der Waals surface area contributed by atoms with Crippen LogP contribution in [-0.4, -0.2) is 13.1 Å². The molecule has 1 nitrogen and oxygen atoms in total. The molecule has 15 heavy (non-hydrogen) atoms. The van der Waals surface area contributed by atoms with E-state index in [0.717, 1.165) is 13.1 Å². The van der Waals surface area contributed by atoms with E-state index in [9.17, 15) is 0 Å². The van der Waals surface area contributed by atoms with E-state index in [1.54, 1.807) is 0 Å². The number of rotatable bonds is 3. The van der Waals surface area contributed by atoms with Crippen molar-refractivity contribution in [2.45, 2.75) is 41.0 Å². The molecule has 0 aromatic heterocycles. The summed E-state index contributed by atoms with van der Waals surface area (Å²) in [5.41, 5.74) is 2.73. The first-order valence-electron chi connectivity index (χ1n) is 6.01. The summed E-state index contributed by atoms with van der Waals surface area (Å²) in [6.45, 7) is 13.0. The first-order chi connectivity index (χ1) is 7.21. The number of benzene rings is 1. The van der Waals surface area contributed by atoms with Gasteiger partial charge in [-0.1, -0.05) is 38.5 Å². The zero-order valence-electron chi connectivity index (χ0n) is 10.9. The molecular formula is C14H25N. The molecule has 0 aliphatic carbocycles. The minimum atomic E-state index is 1.08. The monoisotopic (exact) mass is 207 g/mol. The van der Waals surface area contributed by atoms with Gasteiger partial charge in [-0.15, -0.1) is 0 Å². The second-order valence-corrected chi connectivity index (χ2v) is 3.67. The van der Waals surface area contributed by atoms with Crippen LogP contribution in [0, 0.1) is 6.92 Å². The first-order valence-corrected chi connectivity index (χ1v) is 6.01. The smallest absolute Gasteiger partial charge is 0.0395 e. The Morgan fingerprint density at radius 1 is 0.933 bits per heavy atom. The minimum Gasteiger partial charge on any atom is -0.372 e. The molecule has 0 bridgehead atoms. The summed E-state index contributed by atoms with van der Waals surface area (Å²) in [5.74, 6) is 0. The van der Waals surface area contributed by atoms with Crippen molar-refractivity contribution in [2.24, 2.45) is 0 Å². The van der Waals surface area contributed by atoms with Gasteiger partial charge in [0.2, 0.25) is 0 Å². The molecule has 0 fully saturated rings. The highest BCUT2D eigenvalue weighted by Crippen LogP contribution is 2.18. The van der Waals surface area contributed by atoms with Crippen LogP contribution in [0.1, 0.15) is 39.7 Å². The van der Waals surface area contributed by atoms with Crippen molar-refractivity contribution in [2.75, 3.05) is 18.0 Å². The second kappa shape index (κ2) is 8.34. The van der Waals surface area contributed by atoms with Gasteiger partial charge in [-0.25, -0.2) is 0 Å². The van der Waals surface area contributed by atoms with Crippen molar-refractivity contribution in [3.8, 4) is 0 Å². The number of hydrogen-bond donors (Lipinski definition) is 0. The molecule has 0 aliphatic rings. The molecule has 0 N–H and O–H groups in total. The molecule has 0 saturated heterocycles. The Kier molecular flexibility index (Phi) is 7.79. The van der Waals surface area contributed by atoms with Crippen LogP contribution in [0.15, 0.2) is 24.3 Å². The highest BCUT2D eigenvalue weighted by Gasteiger charge is 2.02. The Bertz CT molecular complexity index is 251. The normalized spacial score (nSPS) is 9.13. The van der Waals surface area contributed by atoms with Crippen LogP contribution in [0.25, 0.3) is 0 Å². The maximum absolute atomic E-state index is 2.37. The number of para-hydroxylation sites is 1. The quantitative estimate of drug-likeness (QED) is 0.716. The third kappa shape index (κ3) is 4.87. The third-order valence-corrected chi connectivity index (χ3v) is 2.22. The van der Waals surface area contributed by atoms with Crippen LogP contribution in [0.2, 0.25) is 0 Å². The Labute approximate surface area is 95.1 Å². The number of nitrogens with zero attached hydrogens (tertiary/aromatic N) is 1. The zero-order valence-corrected chi connectivity index (χ0v) is 10.9. The van der Waals surface area contributed by atoms with Crippen LogP contribution < -0.4 is 4.90 Å². The Morgan fingerprint density at radius 3 is 1.80 bits per heavy atom. The van der Waals surface area contributed by atoms with E-state index in [1.165, 1.54) is 17.7 Å². The van der Waals surface area contributed by atoms with Crippen molar-refractivity contribution < 1.29 is 0 Å². The third-order valence-electron chi connectivity index (χ3n) is 2.22. The zero-order chi connectivity index (χ0) is 11.7. The fourth-order valence-electron chi connectivity index (χ4n) is 1.48. The van der Waals surface area contributed by atoms with Gasteiger partial charge in [-0.05, 0) is 32.4 Å². The van der Waals surface area contributed by atoms with E-state index in [4.69, 9.17) is 0 Å². The standard InChI is InChI=1S/C11H17N.C3H8/c1-4-12(5-2)11-9-7-6-8-10(11)3;1-3-2/h6-9H,4-5H2,1-3H3;3H2,1-2H3. The summed E-state index contributed by atoms with van der Waals surface area (Å²) >= 11 is 0. The summed E-state index contributed by atoms with van der Waals surface area (Å²) < 4.78 is 0. The average Bonchev–Trinajstić information content (AvgIpc) is 2.24. The molecule has 0 radical (unpaired) electrons. The van der Waals surface area contributed by atoms with Gasteiger partial charge in [0.05, 0.1) is 0 Å². The SMILES string of the molecule is CCC.CCN(CC)c1ccccc1C. The molecule has 0 spiro atoms. The largest absolute Gasteiger partial charge is 0.372 e. The van der Waals surface area contributed by atoms with Crippen molar-refractivity contribution in [3.05, 3.63) is 29.8 Å². The van der Waals surface area contributed by atoms with Crippen LogP contribution >= 0.6 is 0 Å². The maximum Gasteiger partial charge on any atom is 0.0395 e. The van der Waals surface area contributed by atoms with E-state index in [2.05, 4.69) is 63.8 Å². The summed E-state index contributed by atoms with van der Waals surface area (Å²) in [6, 6.07) is 8.53. The Balaban J connectivity index is 0.000000583. The fraction of sp³-hybridized carbons (Fsp3) is 0.571. The summed E-state index contributed by atoms with van der Waals surface area (Å²) in [7, 11) is 0. The van der Waals surface area contributed by atoms with Gasteiger partial charge in [-0.3, -0.25) is 0 Å². The highest BCUT2D eigenvalue weighted by molar-refractivity contribution is 5.52. The Hall–Kier alpha value is -0.980. The minimum absolute atomic E-state index is 1.08. The Morgan fingerprint density at radius 2 is 1.40 bits per heavy atom. The van der Waals surface area contributed by atoms with E-state index in [0.29, 0.717) is 0 Å². The van der Waals surface area contributed by atoms with Gasteiger partial charge < -0.3 is 4.90 Å². The van der Waals surface area contributed by atoms with Gasteiger partial charge in [0.25, 0.3) is 0 Å². The first kappa shape index (κ1) is 14.0. The van der Waals surface area contributed by atoms with Gasteiger partial charge in [0.15, 0.2) is 0 Å². The lowest BCUT2D eigenvalue weighted by Crippen LogP contribution is -2.22. The van der Waals surface area contributed by atoms with Gasteiger partial charge in [-0.2, -0.15) is 0 Å². The highest BCUT2D eigenvalue weighted by atomic mass is 15.1. The van der Waals surface area contributed by atoms with Gasteiger partial charge in [0.1, 0.15) is 0 Å². The van der Waals surface area contributed by atoms with E-state index >= 15 is 0 Å². The number of aryl methyl sites for hydroxylation is 1. The molecule has 0 unspecified atom stereocenters. The molecule has 1 aromatic rings. The van der Waals surface area contributed by atoms with Crippen LogP contribution in [0.5, 0.6) is 0 Å². The lowest BCUT2D eigenvalue weighted by molar-refractivity contribution is 0.862. The van der Waals surface area contributed by atoms with Crippen LogP contribution in [-0.2, 0) is 0 Å². The summed E-state index contributed by atoms with van der Waals surface area (Å²) in [6.07, 6.45) is 1.25.